The van der Waals surface area contributed by atoms with Gasteiger partial charge in [-0.3, -0.25) is 0 Å². The summed E-state index contributed by atoms with van der Waals surface area (Å²) >= 11 is 5.15. The molecule has 0 radical (unpaired) electrons. The Labute approximate surface area is 133 Å². The van der Waals surface area contributed by atoms with E-state index < -0.39 is 18.0 Å². The van der Waals surface area contributed by atoms with Gasteiger partial charge in [-0.1, -0.05) is 18.2 Å². The van der Waals surface area contributed by atoms with Crippen molar-refractivity contribution in [2.75, 3.05) is 14.2 Å². The molecule has 1 aromatic carbocycles. The second-order valence-electron chi connectivity index (χ2n) is 4.64. The van der Waals surface area contributed by atoms with Crippen LogP contribution in [0.1, 0.15) is 28.9 Å². The molecule has 0 saturated heterocycles. The lowest BCUT2D eigenvalue weighted by Gasteiger charge is -2.30. The van der Waals surface area contributed by atoms with Crippen molar-refractivity contribution in [3.63, 3.8) is 0 Å². The molecular weight excluding hydrogens is 304 g/mol. The summed E-state index contributed by atoms with van der Waals surface area (Å²) in [5.41, 5.74) is 1.91. The molecule has 6 nitrogen and oxygen atoms in total. The summed E-state index contributed by atoms with van der Waals surface area (Å²) in [7, 11) is 2.61. The number of rotatable bonds is 3. The van der Waals surface area contributed by atoms with Crippen molar-refractivity contribution in [3.8, 4) is 0 Å². The maximum atomic E-state index is 12.1. The van der Waals surface area contributed by atoms with Gasteiger partial charge in [0.1, 0.15) is 0 Å². The monoisotopic (exact) mass is 320 g/mol. The largest absolute Gasteiger partial charge is 0.466 e. The second-order valence-corrected chi connectivity index (χ2v) is 5.05. The minimum atomic E-state index is -0.587. The first-order valence-corrected chi connectivity index (χ1v) is 6.94. The van der Waals surface area contributed by atoms with E-state index >= 15 is 0 Å². The summed E-state index contributed by atoms with van der Waals surface area (Å²) in [5.74, 6) is -0.978. The van der Waals surface area contributed by atoms with E-state index in [4.69, 9.17) is 21.7 Å². The van der Waals surface area contributed by atoms with E-state index in [1.165, 1.54) is 14.2 Å². The van der Waals surface area contributed by atoms with Crippen LogP contribution >= 0.6 is 12.2 Å². The number of nitrogens with one attached hydrogen (secondary N) is 2. The van der Waals surface area contributed by atoms with Gasteiger partial charge in [0.15, 0.2) is 5.11 Å². The molecule has 0 aliphatic carbocycles. The Morgan fingerprint density at radius 1 is 1.14 bits per heavy atom. The molecule has 0 saturated carbocycles. The van der Waals surface area contributed by atoms with Gasteiger partial charge in [-0.25, -0.2) is 9.59 Å². The molecule has 0 fully saturated rings. The van der Waals surface area contributed by atoms with Crippen molar-refractivity contribution < 1.29 is 19.1 Å². The number of carbonyl (C=O) groups excluding carboxylic acids is 2. The molecule has 1 heterocycles. The molecule has 2 rings (SSSR count). The van der Waals surface area contributed by atoms with Crippen LogP contribution in [0.4, 0.5) is 0 Å². The van der Waals surface area contributed by atoms with Crippen molar-refractivity contribution in [3.05, 3.63) is 46.7 Å². The fourth-order valence-corrected chi connectivity index (χ4v) is 2.62. The summed E-state index contributed by atoms with van der Waals surface area (Å²) < 4.78 is 9.63. The average Bonchev–Trinajstić information content (AvgIpc) is 2.52. The zero-order valence-electron chi connectivity index (χ0n) is 12.4. The third-order valence-corrected chi connectivity index (χ3v) is 3.57. The molecule has 0 unspecified atom stereocenters. The Balaban J connectivity index is 2.58. The van der Waals surface area contributed by atoms with Crippen LogP contribution in [0.3, 0.4) is 0 Å². The molecule has 22 heavy (non-hydrogen) atoms. The Bertz CT molecular complexity index is 669. The maximum Gasteiger partial charge on any atom is 0.338 e. The van der Waals surface area contributed by atoms with Gasteiger partial charge >= 0.3 is 11.9 Å². The van der Waals surface area contributed by atoms with Crippen LogP contribution in [0.25, 0.3) is 0 Å². The van der Waals surface area contributed by atoms with Crippen LogP contribution in [0.2, 0.25) is 0 Å². The highest BCUT2D eigenvalue weighted by Crippen LogP contribution is 2.30. The van der Waals surface area contributed by atoms with Gasteiger partial charge < -0.3 is 20.1 Å². The highest BCUT2D eigenvalue weighted by molar-refractivity contribution is 7.80. The Kier molecular flexibility index (Phi) is 4.77. The predicted molar refractivity (Wildman–Crippen MR) is 84.1 cm³/mol. The third kappa shape index (κ3) is 2.94. The van der Waals surface area contributed by atoms with Gasteiger partial charge in [0, 0.05) is 5.70 Å². The first-order valence-electron chi connectivity index (χ1n) is 6.53. The molecule has 1 aliphatic heterocycles. The van der Waals surface area contributed by atoms with Crippen LogP contribution in [0, 0.1) is 0 Å². The van der Waals surface area contributed by atoms with Crippen LogP contribution in [0.15, 0.2) is 35.5 Å². The second kappa shape index (κ2) is 6.57. The average molecular weight is 320 g/mol. The number of methoxy groups -OCH3 is 2. The molecule has 0 spiro atoms. The SMILES string of the molecule is COC(=O)C1=C(C)NC(=S)N[C@H]1c1ccccc1C(=O)OC. The van der Waals surface area contributed by atoms with Crippen LogP contribution < -0.4 is 10.6 Å². The molecule has 116 valence electrons. The van der Waals surface area contributed by atoms with Crippen LogP contribution in [-0.2, 0) is 14.3 Å². The molecule has 2 N–H and O–H groups in total. The number of thiocarbonyl (C=S) groups is 1. The van der Waals surface area contributed by atoms with Gasteiger partial charge in [0.2, 0.25) is 0 Å². The minimum absolute atomic E-state index is 0.362. The molecule has 0 amide bonds. The third-order valence-electron chi connectivity index (χ3n) is 3.35. The molecule has 1 aromatic rings. The lowest BCUT2D eigenvalue weighted by atomic mass is 9.92. The standard InChI is InChI=1S/C15H16N2O4S/c1-8-11(14(19)21-3)12(17-15(22)16-8)9-6-4-5-7-10(9)13(18)20-2/h4-7,12H,1-3H3,(H2,16,17,22)/t12-/m0/s1. The summed E-state index contributed by atoms with van der Waals surface area (Å²) in [6.07, 6.45) is 0. The van der Waals surface area contributed by atoms with E-state index in [0.717, 1.165) is 0 Å². The Hall–Kier alpha value is -2.41. The summed E-state index contributed by atoms with van der Waals surface area (Å²) in [5, 5.41) is 6.26. The zero-order chi connectivity index (χ0) is 16.3. The normalized spacial score (nSPS) is 17.4. The fraction of sp³-hybridized carbons (Fsp3) is 0.267. The number of benzene rings is 1. The van der Waals surface area contributed by atoms with E-state index in [1.54, 1.807) is 31.2 Å². The van der Waals surface area contributed by atoms with Gasteiger partial charge in [-0.2, -0.15) is 0 Å². The van der Waals surface area contributed by atoms with Crippen LogP contribution in [-0.4, -0.2) is 31.3 Å². The summed E-state index contributed by atoms with van der Waals surface area (Å²) in [6, 6.07) is 6.30. The molecular formula is C15H16N2O4S. The van der Waals surface area contributed by atoms with Crippen molar-refractivity contribution in [1.29, 1.82) is 0 Å². The maximum absolute atomic E-state index is 12.1. The number of esters is 2. The van der Waals surface area contributed by atoms with Crippen molar-refractivity contribution >= 4 is 29.3 Å². The topological polar surface area (TPSA) is 76.7 Å². The van der Waals surface area contributed by atoms with E-state index in [9.17, 15) is 9.59 Å². The van der Waals surface area contributed by atoms with Crippen LogP contribution in [0.5, 0.6) is 0 Å². The van der Waals surface area contributed by atoms with Crippen molar-refractivity contribution in [2.24, 2.45) is 0 Å². The molecule has 1 aliphatic rings. The first-order chi connectivity index (χ1) is 10.5. The molecule has 0 bridgehead atoms. The molecule has 1 atom stereocenters. The number of ether oxygens (including phenoxy) is 2. The van der Waals surface area contributed by atoms with Gasteiger partial charge in [-0.05, 0) is 30.8 Å². The van der Waals surface area contributed by atoms with E-state index in [2.05, 4.69) is 10.6 Å². The summed E-state index contributed by atoms with van der Waals surface area (Å²) in [6.45, 7) is 1.73. The van der Waals surface area contributed by atoms with Gasteiger partial charge in [-0.15, -0.1) is 0 Å². The van der Waals surface area contributed by atoms with Gasteiger partial charge in [0.05, 0.1) is 31.4 Å². The summed E-state index contributed by atoms with van der Waals surface area (Å²) in [4.78, 5) is 24.1. The lowest BCUT2D eigenvalue weighted by molar-refractivity contribution is -0.136. The van der Waals surface area contributed by atoms with Crippen molar-refractivity contribution in [1.82, 2.24) is 10.6 Å². The number of hydrogen-bond donors (Lipinski definition) is 2. The minimum Gasteiger partial charge on any atom is -0.466 e. The Morgan fingerprint density at radius 2 is 1.77 bits per heavy atom. The quantitative estimate of drug-likeness (QED) is 0.644. The van der Waals surface area contributed by atoms with Gasteiger partial charge in [0.25, 0.3) is 0 Å². The lowest BCUT2D eigenvalue weighted by Crippen LogP contribution is -2.45. The molecule has 7 heteroatoms. The fourth-order valence-electron chi connectivity index (χ4n) is 2.35. The van der Waals surface area contributed by atoms with Crippen molar-refractivity contribution in [2.45, 2.75) is 13.0 Å². The van der Waals surface area contributed by atoms with E-state index in [1.807, 2.05) is 0 Å². The molecule has 0 aromatic heterocycles. The number of hydrogen-bond acceptors (Lipinski definition) is 5. The highest BCUT2D eigenvalue weighted by Gasteiger charge is 2.32. The van der Waals surface area contributed by atoms with E-state index in [0.29, 0.717) is 27.5 Å². The zero-order valence-corrected chi connectivity index (χ0v) is 13.2. The number of allylic oxidation sites excluding steroid dienone is 1. The van der Waals surface area contributed by atoms with E-state index in [-0.39, 0.29) is 0 Å². The highest BCUT2D eigenvalue weighted by atomic mass is 32.1. The smallest absolute Gasteiger partial charge is 0.338 e. The predicted octanol–water partition coefficient (Wildman–Crippen LogP) is 1.44. The first kappa shape index (κ1) is 16.0. The Morgan fingerprint density at radius 3 is 2.41 bits per heavy atom. The number of carbonyl (C=O) groups is 2.